The SMILES string of the molecule is CCN(C(=O)c1cccc2[nH]c(C)nc12)c1cccc(C)c1. The number of nitrogens with zero attached hydrogens (tertiary/aromatic N) is 2. The minimum atomic E-state index is -0.0230. The highest BCUT2D eigenvalue weighted by Crippen LogP contribution is 2.22. The van der Waals surface area contributed by atoms with Gasteiger partial charge in [0.15, 0.2) is 0 Å². The molecule has 1 heterocycles. The number of aromatic nitrogens is 2. The quantitative estimate of drug-likeness (QED) is 0.797. The van der Waals surface area contributed by atoms with Gasteiger partial charge in [0.05, 0.1) is 11.1 Å². The lowest BCUT2D eigenvalue weighted by atomic mass is 10.1. The van der Waals surface area contributed by atoms with Gasteiger partial charge in [0.2, 0.25) is 0 Å². The molecule has 3 rings (SSSR count). The van der Waals surface area contributed by atoms with Gasteiger partial charge in [0.1, 0.15) is 11.3 Å². The summed E-state index contributed by atoms with van der Waals surface area (Å²) in [7, 11) is 0. The molecule has 112 valence electrons. The highest BCUT2D eigenvalue weighted by molar-refractivity contribution is 6.12. The van der Waals surface area contributed by atoms with Crippen LogP contribution in [0.2, 0.25) is 0 Å². The Morgan fingerprint density at radius 1 is 1.18 bits per heavy atom. The summed E-state index contributed by atoms with van der Waals surface area (Å²) in [6, 6.07) is 13.6. The molecule has 0 unspecified atom stereocenters. The molecule has 2 aromatic carbocycles. The summed E-state index contributed by atoms with van der Waals surface area (Å²) in [6.45, 7) is 6.52. The maximum Gasteiger partial charge on any atom is 0.260 e. The molecule has 22 heavy (non-hydrogen) atoms. The minimum absolute atomic E-state index is 0.0230. The molecule has 1 aromatic heterocycles. The smallest absolute Gasteiger partial charge is 0.260 e. The van der Waals surface area contributed by atoms with Crippen LogP contribution < -0.4 is 4.90 Å². The molecule has 0 saturated heterocycles. The molecular formula is C18H19N3O. The predicted octanol–water partition coefficient (Wildman–Crippen LogP) is 3.85. The summed E-state index contributed by atoms with van der Waals surface area (Å²) in [5, 5.41) is 0. The Hall–Kier alpha value is -2.62. The van der Waals surface area contributed by atoms with Crippen LogP contribution in [0.15, 0.2) is 42.5 Å². The number of aromatic amines is 1. The molecule has 1 N–H and O–H groups in total. The van der Waals surface area contributed by atoms with Crippen LogP contribution >= 0.6 is 0 Å². The summed E-state index contributed by atoms with van der Waals surface area (Å²) in [5.74, 6) is 0.791. The Morgan fingerprint density at radius 3 is 2.68 bits per heavy atom. The Balaban J connectivity index is 2.07. The Labute approximate surface area is 129 Å². The first-order valence-electron chi connectivity index (χ1n) is 7.44. The molecule has 0 aliphatic carbocycles. The summed E-state index contributed by atoms with van der Waals surface area (Å²) >= 11 is 0. The van der Waals surface area contributed by atoms with Gasteiger partial charge in [-0.25, -0.2) is 4.98 Å². The molecule has 3 aromatic rings. The molecule has 0 aliphatic rings. The van der Waals surface area contributed by atoms with E-state index in [1.807, 2.05) is 63.2 Å². The van der Waals surface area contributed by atoms with Crippen molar-refractivity contribution in [2.24, 2.45) is 0 Å². The number of rotatable bonds is 3. The summed E-state index contributed by atoms with van der Waals surface area (Å²) < 4.78 is 0. The lowest BCUT2D eigenvalue weighted by Gasteiger charge is -2.21. The fourth-order valence-corrected chi connectivity index (χ4v) is 2.71. The van der Waals surface area contributed by atoms with Gasteiger partial charge < -0.3 is 9.88 Å². The molecule has 0 spiro atoms. The van der Waals surface area contributed by atoms with Crippen LogP contribution in [0, 0.1) is 13.8 Å². The Kier molecular flexibility index (Phi) is 3.67. The number of benzene rings is 2. The number of H-pyrrole nitrogens is 1. The fraction of sp³-hybridized carbons (Fsp3) is 0.222. The maximum absolute atomic E-state index is 13.0. The van der Waals surface area contributed by atoms with Gasteiger partial charge in [-0.3, -0.25) is 4.79 Å². The van der Waals surface area contributed by atoms with Gasteiger partial charge in [-0.2, -0.15) is 0 Å². The number of anilines is 1. The molecule has 0 atom stereocenters. The second-order valence-corrected chi connectivity index (χ2v) is 5.41. The van der Waals surface area contributed by atoms with Crippen molar-refractivity contribution in [1.82, 2.24) is 9.97 Å². The third-order valence-corrected chi connectivity index (χ3v) is 3.74. The van der Waals surface area contributed by atoms with Gasteiger partial charge >= 0.3 is 0 Å². The van der Waals surface area contributed by atoms with Crippen molar-refractivity contribution in [2.75, 3.05) is 11.4 Å². The van der Waals surface area contributed by atoms with Gasteiger partial charge in [0.25, 0.3) is 5.91 Å². The molecule has 0 bridgehead atoms. The molecule has 0 aliphatic heterocycles. The number of aryl methyl sites for hydroxylation is 2. The molecular weight excluding hydrogens is 274 g/mol. The van der Waals surface area contributed by atoms with E-state index < -0.39 is 0 Å². The van der Waals surface area contributed by atoms with Gasteiger partial charge in [0, 0.05) is 12.2 Å². The molecule has 0 saturated carbocycles. The van der Waals surface area contributed by atoms with Crippen molar-refractivity contribution in [3.05, 3.63) is 59.4 Å². The van der Waals surface area contributed by atoms with Crippen LogP contribution in [-0.2, 0) is 0 Å². The van der Waals surface area contributed by atoms with Gasteiger partial charge in [-0.1, -0.05) is 18.2 Å². The van der Waals surface area contributed by atoms with Crippen LogP contribution in [0.25, 0.3) is 11.0 Å². The highest BCUT2D eigenvalue weighted by atomic mass is 16.2. The number of nitrogens with one attached hydrogen (secondary N) is 1. The average Bonchev–Trinajstić information content (AvgIpc) is 2.88. The molecule has 1 amide bonds. The van der Waals surface area contributed by atoms with E-state index in [9.17, 15) is 4.79 Å². The first-order chi connectivity index (χ1) is 10.6. The number of fused-ring (bicyclic) bond motifs is 1. The summed E-state index contributed by atoms with van der Waals surface area (Å²) in [5.41, 5.74) is 4.30. The van der Waals surface area contributed by atoms with Crippen LogP contribution in [0.5, 0.6) is 0 Å². The summed E-state index contributed by atoms with van der Waals surface area (Å²) in [4.78, 5) is 22.4. The Morgan fingerprint density at radius 2 is 1.95 bits per heavy atom. The number of amides is 1. The lowest BCUT2D eigenvalue weighted by Crippen LogP contribution is -2.30. The largest absolute Gasteiger partial charge is 0.342 e. The first kappa shape index (κ1) is 14.3. The standard InChI is InChI=1S/C18H19N3O/c1-4-21(14-8-5-7-12(2)11-14)18(22)15-9-6-10-16-17(15)20-13(3)19-16/h5-11H,4H2,1-3H3,(H,19,20). The number of carbonyl (C=O) groups is 1. The van der Waals surface area contributed by atoms with E-state index in [1.165, 1.54) is 0 Å². The highest BCUT2D eigenvalue weighted by Gasteiger charge is 2.19. The number of carbonyl (C=O) groups excluding carboxylic acids is 1. The first-order valence-corrected chi connectivity index (χ1v) is 7.44. The van der Waals surface area contributed by atoms with Gasteiger partial charge in [-0.05, 0) is 50.6 Å². The third-order valence-electron chi connectivity index (χ3n) is 3.74. The number of imidazole rings is 1. The lowest BCUT2D eigenvalue weighted by molar-refractivity contribution is 0.0990. The van der Waals surface area contributed by atoms with Crippen molar-refractivity contribution in [3.8, 4) is 0 Å². The predicted molar refractivity (Wildman–Crippen MR) is 89.4 cm³/mol. The normalized spacial score (nSPS) is 10.9. The number of para-hydroxylation sites is 1. The van der Waals surface area contributed by atoms with Crippen molar-refractivity contribution in [2.45, 2.75) is 20.8 Å². The van der Waals surface area contributed by atoms with Gasteiger partial charge in [-0.15, -0.1) is 0 Å². The van der Waals surface area contributed by atoms with E-state index in [0.717, 1.165) is 28.1 Å². The van der Waals surface area contributed by atoms with E-state index >= 15 is 0 Å². The minimum Gasteiger partial charge on any atom is -0.342 e. The molecule has 0 fully saturated rings. The van der Waals surface area contributed by atoms with E-state index in [0.29, 0.717) is 12.1 Å². The topological polar surface area (TPSA) is 49.0 Å². The van der Waals surface area contributed by atoms with E-state index in [2.05, 4.69) is 9.97 Å². The fourth-order valence-electron chi connectivity index (χ4n) is 2.71. The second-order valence-electron chi connectivity index (χ2n) is 5.41. The zero-order chi connectivity index (χ0) is 15.7. The Bertz CT molecular complexity index is 835. The second kappa shape index (κ2) is 5.64. The molecule has 0 radical (unpaired) electrons. The number of hydrogen-bond donors (Lipinski definition) is 1. The van der Waals surface area contributed by atoms with Crippen molar-refractivity contribution < 1.29 is 4.79 Å². The summed E-state index contributed by atoms with van der Waals surface area (Å²) in [6.07, 6.45) is 0. The van der Waals surface area contributed by atoms with Crippen LogP contribution in [-0.4, -0.2) is 22.4 Å². The van der Waals surface area contributed by atoms with Crippen LogP contribution in [0.3, 0.4) is 0 Å². The van der Waals surface area contributed by atoms with Crippen molar-refractivity contribution in [3.63, 3.8) is 0 Å². The zero-order valence-corrected chi connectivity index (χ0v) is 13.1. The van der Waals surface area contributed by atoms with Crippen molar-refractivity contribution in [1.29, 1.82) is 0 Å². The maximum atomic E-state index is 13.0. The molecule has 4 heteroatoms. The number of hydrogen-bond acceptors (Lipinski definition) is 2. The van der Waals surface area contributed by atoms with E-state index in [4.69, 9.17) is 0 Å². The van der Waals surface area contributed by atoms with Crippen LogP contribution in [0.4, 0.5) is 5.69 Å². The van der Waals surface area contributed by atoms with Crippen molar-refractivity contribution >= 4 is 22.6 Å². The average molecular weight is 293 g/mol. The van der Waals surface area contributed by atoms with Crippen LogP contribution in [0.1, 0.15) is 28.7 Å². The monoisotopic (exact) mass is 293 g/mol. The third kappa shape index (κ3) is 2.48. The zero-order valence-electron chi connectivity index (χ0n) is 13.1. The molecule has 4 nitrogen and oxygen atoms in total. The van der Waals surface area contributed by atoms with E-state index in [1.54, 1.807) is 4.90 Å². The van der Waals surface area contributed by atoms with E-state index in [-0.39, 0.29) is 5.91 Å².